The lowest BCUT2D eigenvalue weighted by atomic mass is 10.4. The molecular weight excluding hydrogens is 282 g/mol. The first-order valence-electron chi connectivity index (χ1n) is 6.18. The van der Waals surface area contributed by atoms with Crippen LogP contribution in [-0.4, -0.2) is 39.1 Å². The van der Waals surface area contributed by atoms with Gasteiger partial charge in [-0.25, -0.2) is 9.97 Å². The number of ether oxygens (including phenoxy) is 1. The third-order valence-electron chi connectivity index (χ3n) is 2.79. The molecule has 1 atom stereocenters. The number of imidazole rings is 1. The minimum atomic E-state index is -0.286. The van der Waals surface area contributed by atoms with Crippen LogP contribution in [0.15, 0.2) is 6.33 Å². The van der Waals surface area contributed by atoms with Crippen LogP contribution in [0.3, 0.4) is 0 Å². The quantitative estimate of drug-likeness (QED) is 0.841. The Morgan fingerprint density at radius 3 is 2.90 bits per heavy atom. The van der Waals surface area contributed by atoms with Gasteiger partial charge in [-0.05, 0) is 6.92 Å². The summed E-state index contributed by atoms with van der Waals surface area (Å²) in [7, 11) is 1.53. The molecule has 2 rings (SSSR count). The fraction of sp³-hybridized carbons (Fsp3) is 0.500. The number of aromatic nitrogens is 4. The number of halogens is 1. The van der Waals surface area contributed by atoms with Gasteiger partial charge in [0.1, 0.15) is 12.2 Å². The first kappa shape index (κ1) is 14.5. The van der Waals surface area contributed by atoms with Crippen LogP contribution in [-0.2, 0) is 11.3 Å². The number of amides is 1. The topological polar surface area (TPSA) is 81.9 Å². The number of nitrogens with one attached hydrogen (secondary N) is 1. The molecule has 2 aromatic rings. The van der Waals surface area contributed by atoms with Crippen LogP contribution in [0.4, 0.5) is 0 Å². The third kappa shape index (κ3) is 2.82. The molecule has 1 unspecified atom stereocenters. The van der Waals surface area contributed by atoms with E-state index in [0.29, 0.717) is 36.0 Å². The van der Waals surface area contributed by atoms with Gasteiger partial charge in [0.15, 0.2) is 11.2 Å². The van der Waals surface area contributed by atoms with Crippen molar-refractivity contribution < 1.29 is 9.53 Å². The maximum Gasteiger partial charge on any atom is 0.245 e. The van der Waals surface area contributed by atoms with Crippen molar-refractivity contribution in [2.45, 2.75) is 25.8 Å². The summed E-state index contributed by atoms with van der Waals surface area (Å²) in [4.78, 5) is 23.7. The molecule has 0 fully saturated rings. The van der Waals surface area contributed by atoms with Crippen molar-refractivity contribution in [3.05, 3.63) is 12.2 Å². The summed E-state index contributed by atoms with van der Waals surface area (Å²) in [6.07, 6.45) is 1.42. The minimum Gasteiger partial charge on any atom is -0.479 e. The first-order chi connectivity index (χ1) is 9.54. The Morgan fingerprint density at radius 1 is 1.55 bits per heavy atom. The Morgan fingerprint density at radius 2 is 2.30 bits per heavy atom. The van der Waals surface area contributed by atoms with Crippen LogP contribution >= 0.6 is 11.6 Å². The molecule has 2 aromatic heterocycles. The lowest BCUT2D eigenvalue weighted by Gasteiger charge is -2.10. The zero-order valence-electron chi connectivity index (χ0n) is 11.6. The lowest BCUT2D eigenvalue weighted by molar-refractivity contribution is -0.118. The Kier molecular flexibility index (Phi) is 4.39. The zero-order valence-corrected chi connectivity index (χ0v) is 12.3. The van der Waals surface area contributed by atoms with Crippen molar-refractivity contribution in [3.63, 3.8) is 0 Å². The number of hydrogen-bond acceptors (Lipinski definition) is 5. The first-order valence-corrected chi connectivity index (χ1v) is 6.61. The van der Waals surface area contributed by atoms with Crippen LogP contribution in [0, 0.1) is 0 Å². The van der Waals surface area contributed by atoms with Gasteiger partial charge in [0.25, 0.3) is 0 Å². The molecule has 108 valence electrons. The SMILES string of the molecule is COc1ncnc2c1nc(C(C)Cl)n2CCNC(C)=O. The van der Waals surface area contributed by atoms with Gasteiger partial charge in [-0.15, -0.1) is 11.6 Å². The Hall–Kier alpha value is -1.89. The van der Waals surface area contributed by atoms with E-state index in [-0.39, 0.29) is 11.3 Å². The van der Waals surface area contributed by atoms with Crippen LogP contribution in [0.1, 0.15) is 25.0 Å². The molecule has 0 saturated carbocycles. The lowest BCUT2D eigenvalue weighted by Crippen LogP contribution is -2.25. The van der Waals surface area contributed by atoms with Crippen molar-refractivity contribution in [2.24, 2.45) is 0 Å². The van der Waals surface area contributed by atoms with Gasteiger partial charge in [-0.2, -0.15) is 4.98 Å². The second-order valence-corrected chi connectivity index (χ2v) is 4.93. The van der Waals surface area contributed by atoms with Crippen molar-refractivity contribution in [1.82, 2.24) is 24.8 Å². The summed E-state index contributed by atoms with van der Waals surface area (Å²) in [6, 6.07) is 0. The van der Waals surface area contributed by atoms with Crippen LogP contribution in [0.25, 0.3) is 11.2 Å². The molecule has 1 N–H and O–H groups in total. The number of hydrogen-bond donors (Lipinski definition) is 1. The highest BCUT2D eigenvalue weighted by Gasteiger charge is 2.19. The number of nitrogens with zero attached hydrogens (tertiary/aromatic N) is 4. The van der Waals surface area contributed by atoms with E-state index in [0.717, 1.165) is 0 Å². The van der Waals surface area contributed by atoms with Crippen molar-refractivity contribution >= 4 is 28.7 Å². The molecule has 0 aliphatic heterocycles. The van der Waals surface area contributed by atoms with Gasteiger partial charge >= 0.3 is 0 Å². The highest BCUT2D eigenvalue weighted by Crippen LogP contribution is 2.26. The summed E-state index contributed by atoms with van der Waals surface area (Å²) >= 11 is 6.16. The molecule has 1 amide bonds. The zero-order chi connectivity index (χ0) is 14.7. The molecular formula is C12H16ClN5O2. The molecule has 0 aromatic carbocycles. The molecule has 0 aliphatic rings. The van der Waals surface area contributed by atoms with Crippen molar-refractivity contribution in [3.8, 4) is 5.88 Å². The van der Waals surface area contributed by atoms with Gasteiger partial charge in [0.05, 0.1) is 12.5 Å². The highest BCUT2D eigenvalue weighted by atomic mass is 35.5. The van der Waals surface area contributed by atoms with Crippen LogP contribution in [0.2, 0.25) is 0 Å². The van der Waals surface area contributed by atoms with E-state index in [2.05, 4.69) is 20.3 Å². The number of carbonyl (C=O) groups is 1. The van der Waals surface area contributed by atoms with E-state index in [9.17, 15) is 4.79 Å². The number of fused-ring (bicyclic) bond motifs is 1. The molecule has 20 heavy (non-hydrogen) atoms. The smallest absolute Gasteiger partial charge is 0.245 e. The summed E-state index contributed by atoms with van der Waals surface area (Å²) in [5.74, 6) is 1.000. The van der Waals surface area contributed by atoms with Gasteiger partial charge in [0, 0.05) is 20.0 Å². The van der Waals surface area contributed by atoms with Crippen LogP contribution in [0.5, 0.6) is 5.88 Å². The number of carbonyl (C=O) groups excluding carboxylic acids is 1. The largest absolute Gasteiger partial charge is 0.479 e. The van der Waals surface area contributed by atoms with Gasteiger partial charge in [0.2, 0.25) is 11.8 Å². The Labute approximate surface area is 121 Å². The summed E-state index contributed by atoms with van der Waals surface area (Å²) in [6.45, 7) is 4.31. The summed E-state index contributed by atoms with van der Waals surface area (Å²) in [5.41, 5.74) is 1.21. The average molecular weight is 298 g/mol. The molecule has 0 aliphatic carbocycles. The van der Waals surface area contributed by atoms with Gasteiger partial charge < -0.3 is 14.6 Å². The van der Waals surface area contributed by atoms with Crippen molar-refractivity contribution in [1.29, 1.82) is 0 Å². The Bertz CT molecular complexity index is 626. The maximum atomic E-state index is 10.9. The molecule has 2 heterocycles. The predicted molar refractivity (Wildman–Crippen MR) is 74.8 cm³/mol. The van der Waals surface area contributed by atoms with E-state index >= 15 is 0 Å². The fourth-order valence-corrected chi connectivity index (χ4v) is 2.12. The van der Waals surface area contributed by atoms with E-state index in [4.69, 9.17) is 16.3 Å². The van der Waals surface area contributed by atoms with Gasteiger partial charge in [-0.1, -0.05) is 0 Å². The summed E-state index contributed by atoms with van der Waals surface area (Å²) in [5, 5.41) is 2.45. The number of methoxy groups -OCH3 is 1. The minimum absolute atomic E-state index is 0.0814. The van der Waals surface area contributed by atoms with Gasteiger partial charge in [-0.3, -0.25) is 4.79 Å². The molecule has 0 radical (unpaired) electrons. The molecule has 0 bridgehead atoms. The standard InChI is InChI=1S/C12H16ClN5O2/c1-7(13)10-17-9-11(15-6-16-12(9)20-3)18(10)5-4-14-8(2)19/h6-7H,4-5H2,1-3H3,(H,14,19). The second-order valence-electron chi connectivity index (χ2n) is 4.28. The number of rotatable bonds is 5. The van der Waals surface area contributed by atoms with E-state index < -0.39 is 0 Å². The van der Waals surface area contributed by atoms with Crippen molar-refractivity contribution in [2.75, 3.05) is 13.7 Å². The van der Waals surface area contributed by atoms with E-state index in [1.807, 2.05) is 11.5 Å². The normalized spacial score (nSPS) is 12.4. The molecule has 0 spiro atoms. The Balaban J connectivity index is 2.43. The fourth-order valence-electron chi connectivity index (χ4n) is 1.95. The molecule has 0 saturated heterocycles. The summed E-state index contributed by atoms with van der Waals surface area (Å²) < 4.78 is 7.05. The monoisotopic (exact) mass is 297 g/mol. The maximum absolute atomic E-state index is 10.9. The van der Waals surface area contributed by atoms with Crippen LogP contribution < -0.4 is 10.1 Å². The highest BCUT2D eigenvalue weighted by molar-refractivity contribution is 6.20. The molecule has 7 nitrogen and oxygen atoms in total. The third-order valence-corrected chi connectivity index (χ3v) is 2.98. The predicted octanol–water partition coefficient (Wildman–Crippen LogP) is 1.27. The molecule has 8 heteroatoms. The van der Waals surface area contributed by atoms with E-state index in [1.165, 1.54) is 20.4 Å². The second kappa shape index (κ2) is 6.04. The average Bonchev–Trinajstić information content (AvgIpc) is 2.77. The van der Waals surface area contributed by atoms with E-state index in [1.54, 1.807) is 0 Å². The number of alkyl halides is 1.